The van der Waals surface area contributed by atoms with Crippen molar-refractivity contribution in [1.82, 2.24) is 8.87 Å². The number of ether oxygens (including phenoxy) is 1. The summed E-state index contributed by atoms with van der Waals surface area (Å²) in [6.07, 6.45) is 0.669. The first-order chi connectivity index (χ1) is 16.2. The van der Waals surface area contributed by atoms with Gasteiger partial charge in [0.1, 0.15) is 16.8 Å². The number of sulfonamides is 1. The number of aromatic nitrogens is 1. The maximum Gasteiger partial charge on any atom is 0.324 e. The first-order valence-electron chi connectivity index (χ1n) is 10.9. The molecule has 1 aromatic heterocycles. The molecule has 0 aliphatic carbocycles. The van der Waals surface area contributed by atoms with Crippen molar-refractivity contribution in [3.8, 4) is 5.69 Å². The first-order valence-corrected chi connectivity index (χ1v) is 12.4. The largest absolute Gasteiger partial charge is 0.456 e. The van der Waals surface area contributed by atoms with Crippen molar-refractivity contribution in [3.63, 3.8) is 0 Å². The smallest absolute Gasteiger partial charge is 0.324 e. The predicted octanol–water partition coefficient (Wildman–Crippen LogP) is 3.81. The minimum Gasteiger partial charge on any atom is -0.456 e. The maximum absolute atomic E-state index is 14.1. The fourth-order valence-corrected chi connectivity index (χ4v) is 6.09. The van der Waals surface area contributed by atoms with Crippen LogP contribution in [0.4, 0.5) is 4.39 Å². The fourth-order valence-electron chi connectivity index (χ4n) is 4.37. The average molecular weight is 485 g/mol. The summed E-state index contributed by atoms with van der Waals surface area (Å²) in [5.41, 5.74) is 2.91. The van der Waals surface area contributed by atoms with Crippen LogP contribution in [0, 0.1) is 19.7 Å². The van der Waals surface area contributed by atoms with E-state index in [0.29, 0.717) is 12.0 Å². The summed E-state index contributed by atoms with van der Waals surface area (Å²) in [5, 5.41) is 0. The zero-order valence-electron chi connectivity index (χ0n) is 18.9. The Morgan fingerprint density at radius 1 is 1.06 bits per heavy atom. The van der Waals surface area contributed by atoms with Crippen molar-refractivity contribution < 1.29 is 27.1 Å². The van der Waals surface area contributed by atoms with E-state index in [-0.39, 0.29) is 18.7 Å². The van der Waals surface area contributed by atoms with Crippen LogP contribution >= 0.6 is 0 Å². The normalized spacial score (nSPS) is 16.5. The SMILES string of the molecule is Cc1cc(C(=O)COC(=O)C2CCCN2S(=O)(=O)c2ccccc2F)c(C)n1-c1ccccc1. The van der Waals surface area contributed by atoms with Crippen molar-refractivity contribution in [2.24, 2.45) is 0 Å². The summed E-state index contributed by atoms with van der Waals surface area (Å²) in [7, 11) is -4.22. The van der Waals surface area contributed by atoms with Gasteiger partial charge in [-0.1, -0.05) is 30.3 Å². The van der Waals surface area contributed by atoms with Crippen LogP contribution in [0.25, 0.3) is 5.69 Å². The number of Topliss-reactive ketones (excluding diaryl/α,β-unsaturated/α-hetero) is 1. The Labute approximate surface area is 197 Å². The highest BCUT2D eigenvalue weighted by molar-refractivity contribution is 7.89. The maximum atomic E-state index is 14.1. The summed E-state index contributed by atoms with van der Waals surface area (Å²) >= 11 is 0. The van der Waals surface area contributed by atoms with Gasteiger partial charge in [-0.25, -0.2) is 12.8 Å². The number of rotatable bonds is 7. The number of hydrogen-bond donors (Lipinski definition) is 0. The number of ketones is 1. The lowest BCUT2D eigenvalue weighted by Gasteiger charge is -2.22. The molecule has 0 N–H and O–H groups in total. The van der Waals surface area contributed by atoms with Crippen LogP contribution in [0.1, 0.15) is 34.6 Å². The van der Waals surface area contributed by atoms with Crippen LogP contribution in [-0.2, 0) is 19.6 Å². The van der Waals surface area contributed by atoms with Crippen molar-refractivity contribution in [2.75, 3.05) is 13.2 Å². The molecular formula is C25H25FN2O5S. The van der Waals surface area contributed by atoms with E-state index in [0.717, 1.165) is 33.5 Å². The quantitative estimate of drug-likeness (QED) is 0.376. The molecule has 2 heterocycles. The summed E-state index contributed by atoms with van der Waals surface area (Å²) in [4.78, 5) is 25.1. The van der Waals surface area contributed by atoms with Gasteiger partial charge >= 0.3 is 5.97 Å². The summed E-state index contributed by atoms with van der Waals surface area (Å²) in [6.45, 7) is 3.26. The van der Waals surface area contributed by atoms with E-state index in [1.807, 2.05) is 48.7 Å². The lowest BCUT2D eigenvalue weighted by Crippen LogP contribution is -2.42. The number of esters is 1. The number of carbonyl (C=O) groups is 2. The second kappa shape index (κ2) is 9.52. The third-order valence-electron chi connectivity index (χ3n) is 5.99. The van der Waals surface area contributed by atoms with Crippen molar-refractivity contribution in [2.45, 2.75) is 37.6 Å². The van der Waals surface area contributed by atoms with Crippen LogP contribution in [0.3, 0.4) is 0 Å². The molecule has 34 heavy (non-hydrogen) atoms. The number of nitrogens with zero attached hydrogens (tertiary/aromatic N) is 2. The molecular weight excluding hydrogens is 459 g/mol. The highest BCUT2D eigenvalue weighted by Crippen LogP contribution is 2.28. The molecule has 0 radical (unpaired) electrons. The van der Waals surface area contributed by atoms with Gasteiger partial charge in [-0.3, -0.25) is 9.59 Å². The molecule has 7 nitrogen and oxygen atoms in total. The molecule has 2 aromatic carbocycles. The second-order valence-electron chi connectivity index (χ2n) is 8.19. The van der Waals surface area contributed by atoms with Gasteiger partial charge in [-0.2, -0.15) is 4.31 Å². The standard InChI is InChI=1S/C25H25FN2O5S/c1-17-15-20(18(2)28(17)19-9-4-3-5-10-19)23(29)16-33-25(30)22-12-8-14-27(22)34(31,32)24-13-7-6-11-21(24)26/h3-7,9-11,13,15,22H,8,12,14,16H2,1-2H3. The number of para-hydroxylation sites is 1. The van der Waals surface area contributed by atoms with Crippen LogP contribution in [0.2, 0.25) is 0 Å². The van der Waals surface area contributed by atoms with Gasteiger partial charge < -0.3 is 9.30 Å². The molecule has 1 atom stereocenters. The van der Waals surface area contributed by atoms with Gasteiger partial charge in [0.2, 0.25) is 15.8 Å². The van der Waals surface area contributed by atoms with E-state index >= 15 is 0 Å². The highest BCUT2D eigenvalue weighted by Gasteiger charge is 2.41. The summed E-state index contributed by atoms with van der Waals surface area (Å²) in [6, 6.07) is 15.2. The number of benzene rings is 2. The average Bonchev–Trinajstić information content (AvgIpc) is 3.43. The van der Waals surface area contributed by atoms with E-state index in [9.17, 15) is 22.4 Å². The van der Waals surface area contributed by atoms with Crippen LogP contribution in [0.15, 0.2) is 65.6 Å². The van der Waals surface area contributed by atoms with Crippen molar-refractivity contribution >= 4 is 21.8 Å². The molecule has 1 fully saturated rings. The van der Waals surface area contributed by atoms with Gasteiger partial charge in [0.25, 0.3) is 0 Å². The van der Waals surface area contributed by atoms with Crippen molar-refractivity contribution in [3.05, 3.63) is 83.4 Å². The van der Waals surface area contributed by atoms with Crippen LogP contribution < -0.4 is 0 Å². The van der Waals surface area contributed by atoms with Crippen LogP contribution in [0.5, 0.6) is 0 Å². The van der Waals surface area contributed by atoms with Gasteiger partial charge in [0.15, 0.2) is 6.61 Å². The summed E-state index contributed by atoms with van der Waals surface area (Å²) < 4.78 is 48.2. The fraction of sp³-hybridized carbons (Fsp3) is 0.280. The lowest BCUT2D eigenvalue weighted by atomic mass is 10.1. The Morgan fingerprint density at radius 3 is 2.44 bits per heavy atom. The topological polar surface area (TPSA) is 85.7 Å². The Hall–Kier alpha value is -3.30. The van der Waals surface area contributed by atoms with E-state index < -0.39 is 39.4 Å². The molecule has 1 unspecified atom stereocenters. The molecule has 0 saturated carbocycles. The zero-order chi connectivity index (χ0) is 24.5. The summed E-state index contributed by atoms with van der Waals surface area (Å²) in [5.74, 6) is -2.08. The molecule has 0 spiro atoms. The van der Waals surface area contributed by atoms with Gasteiger partial charge in [0, 0.05) is 29.2 Å². The van der Waals surface area contributed by atoms with Crippen LogP contribution in [-0.4, -0.2) is 48.2 Å². The minimum absolute atomic E-state index is 0.0720. The number of carbonyl (C=O) groups excluding carboxylic acids is 2. The molecule has 0 bridgehead atoms. The zero-order valence-corrected chi connectivity index (χ0v) is 19.7. The molecule has 9 heteroatoms. The van der Waals surface area contributed by atoms with E-state index in [1.54, 1.807) is 6.07 Å². The number of hydrogen-bond acceptors (Lipinski definition) is 5. The van der Waals surface area contributed by atoms with Gasteiger partial charge in [-0.15, -0.1) is 0 Å². The third kappa shape index (κ3) is 4.41. The van der Waals surface area contributed by atoms with Gasteiger partial charge in [0.05, 0.1) is 0 Å². The molecule has 1 aliphatic rings. The Balaban J connectivity index is 1.48. The first kappa shape index (κ1) is 23.8. The predicted molar refractivity (Wildman–Crippen MR) is 124 cm³/mol. The van der Waals surface area contributed by atoms with Crippen molar-refractivity contribution in [1.29, 1.82) is 0 Å². The third-order valence-corrected chi connectivity index (χ3v) is 7.93. The Kier molecular flexibility index (Phi) is 6.67. The number of aryl methyl sites for hydroxylation is 1. The molecule has 3 aromatic rings. The monoisotopic (exact) mass is 484 g/mol. The lowest BCUT2D eigenvalue weighted by molar-refractivity contribution is -0.146. The number of halogens is 1. The molecule has 1 aliphatic heterocycles. The molecule has 0 amide bonds. The van der Waals surface area contributed by atoms with E-state index in [1.165, 1.54) is 12.1 Å². The minimum atomic E-state index is -4.22. The van der Waals surface area contributed by atoms with E-state index in [4.69, 9.17) is 4.74 Å². The molecule has 178 valence electrons. The van der Waals surface area contributed by atoms with E-state index in [2.05, 4.69) is 0 Å². The Bertz CT molecular complexity index is 1330. The van der Waals surface area contributed by atoms with Gasteiger partial charge in [-0.05, 0) is 57.0 Å². The molecule has 4 rings (SSSR count). The highest BCUT2D eigenvalue weighted by atomic mass is 32.2. The Morgan fingerprint density at radius 2 is 1.74 bits per heavy atom. The second-order valence-corrected chi connectivity index (χ2v) is 10.0. The molecule has 1 saturated heterocycles.